The lowest BCUT2D eigenvalue weighted by Crippen LogP contribution is -2.36. The van der Waals surface area contributed by atoms with Gasteiger partial charge in [-0.2, -0.15) is 9.61 Å². The molecule has 4 rings (SSSR count). The van der Waals surface area contributed by atoms with Crippen LogP contribution in [0, 0.1) is 6.92 Å². The number of nitrogens with two attached hydrogens (primary N) is 1. The van der Waals surface area contributed by atoms with E-state index >= 15 is 0 Å². The number of aryl methyl sites for hydroxylation is 1. The molecule has 0 aliphatic carbocycles. The van der Waals surface area contributed by atoms with Crippen LogP contribution in [-0.4, -0.2) is 43.9 Å². The third kappa shape index (κ3) is 3.06. The average molecular weight is 398 g/mol. The van der Waals surface area contributed by atoms with E-state index in [9.17, 15) is 9.90 Å². The minimum atomic E-state index is -0.966. The highest BCUT2D eigenvalue weighted by molar-refractivity contribution is 7.15. The van der Waals surface area contributed by atoms with E-state index < -0.39 is 12.1 Å². The molecule has 1 unspecified atom stereocenters. The Labute approximate surface area is 164 Å². The molecule has 0 bridgehead atoms. The van der Waals surface area contributed by atoms with Crippen molar-refractivity contribution in [3.63, 3.8) is 0 Å². The number of rotatable bonds is 5. The predicted molar refractivity (Wildman–Crippen MR) is 107 cm³/mol. The summed E-state index contributed by atoms with van der Waals surface area (Å²) < 4.78 is 1.49. The topological polar surface area (TPSA) is 134 Å². The van der Waals surface area contributed by atoms with Crippen LogP contribution in [0.25, 0.3) is 5.65 Å². The SMILES string of the molecule is CNc1cc(NC2=CC=CN(c3ncc(C)s3)C2O)nc2c(C(N)=O)cnn12. The van der Waals surface area contributed by atoms with Crippen molar-refractivity contribution in [3.8, 4) is 0 Å². The number of primary amides is 1. The minimum Gasteiger partial charge on any atom is -0.373 e. The number of aliphatic hydroxyl groups is 1. The van der Waals surface area contributed by atoms with Gasteiger partial charge in [0.05, 0.1) is 11.9 Å². The molecular weight excluding hydrogens is 380 g/mol. The lowest BCUT2D eigenvalue weighted by molar-refractivity contribution is 0.100. The molecule has 28 heavy (non-hydrogen) atoms. The highest BCUT2D eigenvalue weighted by atomic mass is 32.1. The van der Waals surface area contributed by atoms with Crippen LogP contribution in [0.3, 0.4) is 0 Å². The second-order valence-electron chi connectivity index (χ2n) is 6.06. The summed E-state index contributed by atoms with van der Waals surface area (Å²) in [6.07, 6.45) is 7.47. The number of allylic oxidation sites excluding steroid dienone is 2. The summed E-state index contributed by atoms with van der Waals surface area (Å²) in [4.78, 5) is 23.1. The second-order valence-corrected chi connectivity index (χ2v) is 7.27. The molecule has 1 amide bonds. The smallest absolute Gasteiger partial charge is 0.254 e. The Bertz CT molecular complexity index is 1120. The number of nitrogens with one attached hydrogen (secondary N) is 2. The molecule has 4 heterocycles. The maximum atomic E-state index is 11.6. The number of carbonyl (C=O) groups excluding carboxylic acids is 1. The molecule has 11 heteroatoms. The summed E-state index contributed by atoms with van der Waals surface area (Å²) in [5, 5.41) is 21.7. The fraction of sp³-hybridized carbons (Fsp3) is 0.176. The van der Waals surface area contributed by atoms with E-state index in [1.165, 1.54) is 22.0 Å². The van der Waals surface area contributed by atoms with E-state index in [4.69, 9.17) is 5.73 Å². The Morgan fingerprint density at radius 3 is 2.89 bits per heavy atom. The standard InChI is InChI=1S/C17H18N8O2S/c1-9-7-20-17(28-9)24-5-3-4-11(16(24)27)22-12-6-13(19-2)25-15(23-12)10(8-21-25)14(18)26/h3-8,16,19,27H,1-2H3,(H2,18,26)(H,22,23). The minimum absolute atomic E-state index is 0.207. The number of anilines is 3. The summed E-state index contributed by atoms with van der Waals surface area (Å²) in [5.74, 6) is 0.413. The van der Waals surface area contributed by atoms with Gasteiger partial charge in [-0.3, -0.25) is 9.69 Å². The molecule has 1 atom stereocenters. The zero-order valence-corrected chi connectivity index (χ0v) is 15.9. The summed E-state index contributed by atoms with van der Waals surface area (Å²) in [5.41, 5.74) is 6.44. The third-order valence-corrected chi connectivity index (χ3v) is 5.09. The molecule has 0 saturated carbocycles. The van der Waals surface area contributed by atoms with Crippen molar-refractivity contribution in [2.45, 2.75) is 13.2 Å². The number of carbonyl (C=O) groups is 1. The van der Waals surface area contributed by atoms with Gasteiger partial charge >= 0.3 is 0 Å². The van der Waals surface area contributed by atoms with Crippen molar-refractivity contribution in [1.82, 2.24) is 19.6 Å². The van der Waals surface area contributed by atoms with Gasteiger partial charge in [-0.05, 0) is 19.1 Å². The van der Waals surface area contributed by atoms with Crippen molar-refractivity contribution < 1.29 is 9.90 Å². The first kappa shape index (κ1) is 17.9. The quantitative estimate of drug-likeness (QED) is 0.505. The van der Waals surface area contributed by atoms with Crippen LogP contribution in [0.15, 0.2) is 42.5 Å². The number of amides is 1. The number of hydrogen-bond donors (Lipinski definition) is 4. The normalized spacial score (nSPS) is 16.3. The predicted octanol–water partition coefficient (Wildman–Crippen LogP) is 1.28. The van der Waals surface area contributed by atoms with Gasteiger partial charge in [-0.1, -0.05) is 0 Å². The van der Waals surface area contributed by atoms with Crippen LogP contribution >= 0.6 is 11.3 Å². The van der Waals surface area contributed by atoms with E-state index in [-0.39, 0.29) is 5.56 Å². The van der Waals surface area contributed by atoms with E-state index in [2.05, 4.69) is 25.7 Å². The fourth-order valence-electron chi connectivity index (χ4n) is 2.82. The summed E-state index contributed by atoms with van der Waals surface area (Å²) in [6, 6.07) is 1.72. The zero-order valence-electron chi connectivity index (χ0n) is 15.1. The molecule has 0 saturated heterocycles. The molecule has 10 nitrogen and oxygen atoms in total. The van der Waals surface area contributed by atoms with E-state index in [0.29, 0.717) is 28.1 Å². The van der Waals surface area contributed by atoms with E-state index in [1.807, 2.05) is 6.92 Å². The average Bonchev–Trinajstić information content (AvgIpc) is 3.29. The third-order valence-electron chi connectivity index (χ3n) is 4.16. The Balaban J connectivity index is 1.67. The Hall–Kier alpha value is -3.44. The number of hydrogen-bond acceptors (Lipinski definition) is 9. The van der Waals surface area contributed by atoms with Crippen LogP contribution in [0.5, 0.6) is 0 Å². The van der Waals surface area contributed by atoms with Crippen molar-refractivity contribution >= 4 is 39.7 Å². The van der Waals surface area contributed by atoms with Crippen molar-refractivity contribution in [3.05, 3.63) is 52.9 Å². The monoisotopic (exact) mass is 398 g/mol. The molecule has 0 aromatic carbocycles. The van der Waals surface area contributed by atoms with Gasteiger partial charge in [0, 0.05) is 30.4 Å². The van der Waals surface area contributed by atoms with Gasteiger partial charge in [0.25, 0.3) is 5.91 Å². The first-order valence-corrected chi connectivity index (χ1v) is 9.20. The number of aliphatic hydroxyl groups excluding tert-OH is 1. The second kappa shape index (κ2) is 6.94. The summed E-state index contributed by atoms with van der Waals surface area (Å²) >= 11 is 1.48. The van der Waals surface area contributed by atoms with Crippen molar-refractivity contribution in [2.24, 2.45) is 5.73 Å². The molecule has 0 spiro atoms. The zero-order chi connectivity index (χ0) is 19.8. The summed E-state index contributed by atoms with van der Waals surface area (Å²) in [6.45, 7) is 1.95. The first-order valence-electron chi connectivity index (χ1n) is 8.38. The number of thiazole rings is 1. The maximum Gasteiger partial charge on any atom is 0.254 e. The van der Waals surface area contributed by atoms with Crippen LogP contribution < -0.4 is 21.3 Å². The van der Waals surface area contributed by atoms with Gasteiger partial charge in [0.2, 0.25) is 0 Å². The fourth-order valence-corrected chi connectivity index (χ4v) is 3.59. The van der Waals surface area contributed by atoms with Crippen molar-refractivity contribution in [2.75, 3.05) is 22.6 Å². The Kier molecular flexibility index (Phi) is 4.45. The van der Waals surface area contributed by atoms with Crippen LogP contribution in [-0.2, 0) is 0 Å². The van der Waals surface area contributed by atoms with Gasteiger partial charge in [-0.15, -0.1) is 11.3 Å². The van der Waals surface area contributed by atoms with Crippen LogP contribution in [0.2, 0.25) is 0 Å². The lowest BCUT2D eigenvalue weighted by Gasteiger charge is -2.29. The Morgan fingerprint density at radius 1 is 1.39 bits per heavy atom. The molecule has 0 fully saturated rings. The molecule has 144 valence electrons. The van der Waals surface area contributed by atoms with Gasteiger partial charge in [0.15, 0.2) is 17.0 Å². The molecule has 1 aliphatic rings. The van der Waals surface area contributed by atoms with E-state index in [0.717, 1.165) is 4.88 Å². The number of nitrogens with zero attached hydrogens (tertiary/aromatic N) is 5. The molecular formula is C17H18N8O2S. The van der Waals surface area contributed by atoms with Crippen molar-refractivity contribution in [1.29, 1.82) is 0 Å². The van der Waals surface area contributed by atoms with E-state index in [1.54, 1.807) is 42.6 Å². The highest BCUT2D eigenvalue weighted by Crippen LogP contribution is 2.28. The van der Waals surface area contributed by atoms with Gasteiger partial charge in [-0.25, -0.2) is 9.97 Å². The first-order chi connectivity index (χ1) is 13.5. The molecule has 5 N–H and O–H groups in total. The molecule has 3 aromatic heterocycles. The summed E-state index contributed by atoms with van der Waals surface area (Å²) in [7, 11) is 1.73. The molecule has 1 aliphatic heterocycles. The van der Waals surface area contributed by atoms with Crippen LogP contribution in [0.1, 0.15) is 15.2 Å². The molecule has 0 radical (unpaired) electrons. The van der Waals surface area contributed by atoms with Crippen LogP contribution in [0.4, 0.5) is 16.8 Å². The van der Waals surface area contributed by atoms with Gasteiger partial charge < -0.3 is 21.5 Å². The lowest BCUT2D eigenvalue weighted by atomic mass is 10.2. The van der Waals surface area contributed by atoms with Gasteiger partial charge in [0.1, 0.15) is 17.2 Å². The highest BCUT2D eigenvalue weighted by Gasteiger charge is 2.24. The largest absolute Gasteiger partial charge is 0.373 e. The number of fused-ring (bicyclic) bond motifs is 1. The maximum absolute atomic E-state index is 11.6. The molecule has 3 aromatic rings. The Morgan fingerprint density at radius 2 is 2.21 bits per heavy atom. The number of aromatic nitrogens is 4.